The molecule has 2 nitrogen and oxygen atoms in total. The van der Waals surface area contributed by atoms with Crippen molar-refractivity contribution in [1.29, 1.82) is 0 Å². The summed E-state index contributed by atoms with van der Waals surface area (Å²) in [5.41, 5.74) is 6.94. The third-order valence-corrected chi connectivity index (χ3v) is 3.54. The van der Waals surface area contributed by atoms with Gasteiger partial charge in [0, 0.05) is 28.7 Å². The molecule has 1 unspecified atom stereocenters. The Labute approximate surface area is 114 Å². The van der Waals surface area contributed by atoms with Crippen LogP contribution in [0, 0.1) is 0 Å². The number of nitrogens with two attached hydrogens (primary N) is 1. The Morgan fingerprint density at radius 2 is 1.94 bits per heavy atom. The topological polar surface area (TPSA) is 29.3 Å². The molecule has 1 rings (SSSR count). The van der Waals surface area contributed by atoms with E-state index in [0.29, 0.717) is 22.6 Å². The summed E-state index contributed by atoms with van der Waals surface area (Å²) in [5, 5.41) is 1.34. The van der Waals surface area contributed by atoms with Crippen LogP contribution >= 0.6 is 23.2 Å². The Balaban J connectivity index is 3.08. The summed E-state index contributed by atoms with van der Waals surface area (Å²) in [7, 11) is 0. The monoisotopic (exact) mass is 274 g/mol. The van der Waals surface area contributed by atoms with Crippen LogP contribution in [0.3, 0.4) is 0 Å². The summed E-state index contributed by atoms with van der Waals surface area (Å²) in [6, 6.07) is 6.17. The first kappa shape index (κ1) is 14.8. The molecule has 4 heteroatoms. The Morgan fingerprint density at radius 3 is 2.35 bits per heavy atom. The molecule has 0 fully saturated rings. The van der Waals surface area contributed by atoms with Gasteiger partial charge in [-0.3, -0.25) is 4.90 Å². The van der Waals surface area contributed by atoms with Gasteiger partial charge in [-0.2, -0.15) is 0 Å². The van der Waals surface area contributed by atoms with Crippen LogP contribution < -0.4 is 5.73 Å². The molecular formula is C13H20Cl2N2. The molecule has 0 aliphatic rings. The summed E-state index contributed by atoms with van der Waals surface area (Å²) in [5.74, 6) is 0. The van der Waals surface area contributed by atoms with Gasteiger partial charge in [0.1, 0.15) is 0 Å². The van der Waals surface area contributed by atoms with Gasteiger partial charge in [0.15, 0.2) is 0 Å². The predicted octanol–water partition coefficient (Wildman–Crippen LogP) is 3.72. The molecule has 0 aliphatic carbocycles. The lowest BCUT2D eigenvalue weighted by Crippen LogP contribution is -2.38. The van der Waals surface area contributed by atoms with Gasteiger partial charge in [-0.05, 0) is 38.1 Å². The highest BCUT2D eigenvalue weighted by atomic mass is 35.5. The Kier molecular flexibility index (Phi) is 5.74. The SMILES string of the molecule is CCN(C(C)C)C(CN)c1ccc(Cl)cc1Cl. The van der Waals surface area contributed by atoms with Gasteiger partial charge in [-0.25, -0.2) is 0 Å². The van der Waals surface area contributed by atoms with E-state index >= 15 is 0 Å². The third kappa shape index (κ3) is 3.59. The molecule has 0 radical (unpaired) electrons. The summed E-state index contributed by atoms with van der Waals surface area (Å²) < 4.78 is 0. The molecule has 1 atom stereocenters. The number of halogens is 2. The first-order valence-corrected chi connectivity index (χ1v) is 6.67. The molecule has 0 aliphatic heterocycles. The van der Waals surface area contributed by atoms with Gasteiger partial charge in [0.25, 0.3) is 0 Å². The average molecular weight is 275 g/mol. The van der Waals surface area contributed by atoms with Gasteiger partial charge >= 0.3 is 0 Å². The molecule has 0 aromatic heterocycles. The van der Waals surface area contributed by atoms with Crippen LogP contribution in [0.4, 0.5) is 0 Å². The lowest BCUT2D eigenvalue weighted by Gasteiger charge is -2.34. The minimum atomic E-state index is 0.143. The Bertz CT molecular complexity index is 366. The van der Waals surface area contributed by atoms with Crippen molar-refractivity contribution in [3.8, 4) is 0 Å². The second-order valence-corrected chi connectivity index (χ2v) is 5.19. The second kappa shape index (κ2) is 6.60. The highest BCUT2D eigenvalue weighted by molar-refractivity contribution is 6.35. The van der Waals surface area contributed by atoms with E-state index in [2.05, 4.69) is 25.7 Å². The highest BCUT2D eigenvalue weighted by Gasteiger charge is 2.22. The fraction of sp³-hybridized carbons (Fsp3) is 0.538. The van der Waals surface area contributed by atoms with E-state index in [9.17, 15) is 0 Å². The molecular weight excluding hydrogens is 255 g/mol. The zero-order valence-corrected chi connectivity index (χ0v) is 12.1. The van der Waals surface area contributed by atoms with Gasteiger partial charge < -0.3 is 5.73 Å². The first-order chi connectivity index (χ1) is 8.01. The average Bonchev–Trinajstić information content (AvgIpc) is 2.26. The molecule has 96 valence electrons. The largest absolute Gasteiger partial charge is 0.329 e. The zero-order chi connectivity index (χ0) is 13.0. The van der Waals surface area contributed by atoms with E-state index in [0.717, 1.165) is 12.1 Å². The van der Waals surface area contributed by atoms with Crippen molar-refractivity contribution in [1.82, 2.24) is 4.90 Å². The van der Waals surface area contributed by atoms with Crippen LogP contribution in [0.15, 0.2) is 18.2 Å². The van der Waals surface area contributed by atoms with Crippen LogP contribution in [0.25, 0.3) is 0 Å². The molecule has 0 amide bonds. The van der Waals surface area contributed by atoms with Crippen LogP contribution in [-0.2, 0) is 0 Å². The summed E-state index contributed by atoms with van der Waals surface area (Å²) in [4.78, 5) is 2.33. The van der Waals surface area contributed by atoms with E-state index < -0.39 is 0 Å². The number of hydrogen-bond donors (Lipinski definition) is 1. The van der Waals surface area contributed by atoms with Crippen molar-refractivity contribution in [3.05, 3.63) is 33.8 Å². The molecule has 0 heterocycles. The lowest BCUT2D eigenvalue weighted by molar-refractivity contribution is 0.166. The molecule has 0 bridgehead atoms. The number of likely N-dealkylation sites (N-methyl/N-ethyl adjacent to an activating group) is 1. The maximum atomic E-state index is 6.24. The van der Waals surface area contributed by atoms with Gasteiger partial charge in [0.05, 0.1) is 0 Å². The summed E-state index contributed by atoms with van der Waals surface area (Å²) in [6.07, 6.45) is 0. The second-order valence-electron chi connectivity index (χ2n) is 4.34. The lowest BCUT2D eigenvalue weighted by atomic mass is 10.0. The van der Waals surface area contributed by atoms with Crippen molar-refractivity contribution >= 4 is 23.2 Å². The molecule has 17 heavy (non-hydrogen) atoms. The molecule has 1 aromatic carbocycles. The maximum Gasteiger partial charge on any atom is 0.0487 e. The normalized spacial score (nSPS) is 13.4. The summed E-state index contributed by atoms with van der Waals surface area (Å²) in [6.45, 7) is 7.95. The Morgan fingerprint density at radius 1 is 1.29 bits per heavy atom. The van der Waals surface area contributed by atoms with E-state index in [1.165, 1.54) is 0 Å². The van der Waals surface area contributed by atoms with Gasteiger partial charge in [0.2, 0.25) is 0 Å². The van der Waals surface area contributed by atoms with Crippen LogP contribution in [0.5, 0.6) is 0 Å². The van der Waals surface area contributed by atoms with E-state index in [4.69, 9.17) is 28.9 Å². The summed E-state index contributed by atoms with van der Waals surface area (Å²) >= 11 is 12.2. The molecule has 0 saturated carbocycles. The van der Waals surface area contributed by atoms with Crippen molar-refractivity contribution in [2.45, 2.75) is 32.9 Å². The number of nitrogens with zero attached hydrogens (tertiary/aromatic N) is 1. The smallest absolute Gasteiger partial charge is 0.0487 e. The number of rotatable bonds is 5. The zero-order valence-electron chi connectivity index (χ0n) is 10.6. The van der Waals surface area contributed by atoms with E-state index in [1.54, 1.807) is 6.07 Å². The number of hydrogen-bond acceptors (Lipinski definition) is 2. The Hall–Kier alpha value is -0.280. The number of benzene rings is 1. The van der Waals surface area contributed by atoms with Crippen LogP contribution in [0.1, 0.15) is 32.4 Å². The molecule has 0 saturated heterocycles. The highest BCUT2D eigenvalue weighted by Crippen LogP contribution is 2.30. The standard InChI is InChI=1S/C13H20Cl2N2/c1-4-17(9(2)3)13(8-16)11-6-5-10(14)7-12(11)15/h5-7,9,13H,4,8,16H2,1-3H3. The van der Waals surface area contributed by atoms with Crippen LogP contribution in [-0.4, -0.2) is 24.0 Å². The maximum absolute atomic E-state index is 6.24. The minimum Gasteiger partial charge on any atom is -0.329 e. The van der Waals surface area contributed by atoms with Crippen molar-refractivity contribution in [2.75, 3.05) is 13.1 Å². The molecule has 0 spiro atoms. The fourth-order valence-corrected chi connectivity index (χ4v) is 2.69. The van der Waals surface area contributed by atoms with Crippen molar-refractivity contribution < 1.29 is 0 Å². The van der Waals surface area contributed by atoms with Crippen molar-refractivity contribution in [2.24, 2.45) is 5.73 Å². The molecule has 1 aromatic rings. The van der Waals surface area contributed by atoms with Crippen molar-refractivity contribution in [3.63, 3.8) is 0 Å². The predicted molar refractivity (Wildman–Crippen MR) is 75.8 cm³/mol. The first-order valence-electron chi connectivity index (χ1n) is 5.92. The van der Waals surface area contributed by atoms with Crippen LogP contribution in [0.2, 0.25) is 10.0 Å². The quantitative estimate of drug-likeness (QED) is 0.887. The van der Waals surface area contributed by atoms with E-state index in [1.807, 2.05) is 12.1 Å². The van der Waals surface area contributed by atoms with Gasteiger partial charge in [-0.15, -0.1) is 0 Å². The molecule has 2 N–H and O–H groups in total. The van der Waals surface area contributed by atoms with Gasteiger partial charge in [-0.1, -0.05) is 36.2 Å². The third-order valence-electron chi connectivity index (χ3n) is 2.97. The fourth-order valence-electron chi connectivity index (χ4n) is 2.16. The minimum absolute atomic E-state index is 0.143. The van der Waals surface area contributed by atoms with E-state index in [-0.39, 0.29) is 6.04 Å².